The molecule has 2 rings (SSSR count). The van der Waals surface area contributed by atoms with Gasteiger partial charge in [-0.3, -0.25) is 9.78 Å². The van der Waals surface area contributed by atoms with Gasteiger partial charge in [0.05, 0.1) is 25.1 Å². The molecular weight excluding hydrogens is 272 g/mol. The van der Waals surface area contributed by atoms with E-state index in [2.05, 4.69) is 10.3 Å². The second-order valence-corrected chi connectivity index (χ2v) is 5.11. The Morgan fingerprint density at radius 3 is 2.70 bits per heavy atom. The summed E-state index contributed by atoms with van der Waals surface area (Å²) in [5.41, 5.74) is 0.857. The van der Waals surface area contributed by atoms with Crippen molar-refractivity contribution in [3.05, 3.63) is 54.4 Å². The zero-order valence-electron chi connectivity index (χ0n) is 11.2. The summed E-state index contributed by atoms with van der Waals surface area (Å²) in [5, 5.41) is 2.84. The van der Waals surface area contributed by atoms with Crippen molar-refractivity contribution >= 4 is 17.7 Å². The molecule has 1 heterocycles. The van der Waals surface area contributed by atoms with Crippen LogP contribution in [-0.4, -0.2) is 23.8 Å². The molecule has 0 saturated carbocycles. The number of nitrogens with zero attached hydrogens (tertiary/aromatic N) is 1. The Balaban J connectivity index is 1.74. The summed E-state index contributed by atoms with van der Waals surface area (Å²) in [6, 6.07) is 13.3. The van der Waals surface area contributed by atoms with Crippen LogP contribution in [0.1, 0.15) is 5.69 Å². The fraction of sp³-hybridized carbons (Fsp3) is 0.200. The highest BCUT2D eigenvalue weighted by Crippen LogP contribution is 2.20. The lowest BCUT2D eigenvalue weighted by Gasteiger charge is -2.05. The first-order valence-corrected chi connectivity index (χ1v) is 7.20. The maximum atomic E-state index is 11.7. The van der Waals surface area contributed by atoms with E-state index in [-0.39, 0.29) is 5.91 Å². The number of hydrogen-bond donors (Lipinski definition) is 1. The second-order valence-electron chi connectivity index (χ2n) is 4.06. The van der Waals surface area contributed by atoms with Crippen LogP contribution in [-0.2, 0) is 11.3 Å². The van der Waals surface area contributed by atoms with E-state index in [1.807, 2.05) is 42.5 Å². The van der Waals surface area contributed by atoms with Crippen LogP contribution < -0.4 is 10.1 Å². The van der Waals surface area contributed by atoms with Gasteiger partial charge >= 0.3 is 0 Å². The van der Waals surface area contributed by atoms with Gasteiger partial charge in [0.15, 0.2) is 0 Å². The van der Waals surface area contributed by atoms with Crippen LogP contribution in [0.3, 0.4) is 0 Å². The highest BCUT2D eigenvalue weighted by atomic mass is 32.2. The average molecular weight is 288 g/mol. The topological polar surface area (TPSA) is 51.2 Å². The van der Waals surface area contributed by atoms with E-state index in [0.717, 1.165) is 16.3 Å². The van der Waals surface area contributed by atoms with Crippen molar-refractivity contribution in [1.29, 1.82) is 0 Å². The van der Waals surface area contributed by atoms with Crippen LogP contribution in [0.15, 0.2) is 53.6 Å². The van der Waals surface area contributed by atoms with E-state index >= 15 is 0 Å². The molecule has 0 spiro atoms. The number of pyridine rings is 1. The van der Waals surface area contributed by atoms with Gasteiger partial charge in [-0.2, -0.15) is 0 Å². The van der Waals surface area contributed by atoms with E-state index < -0.39 is 0 Å². The molecule has 2 aromatic rings. The van der Waals surface area contributed by atoms with Gasteiger partial charge in [0.2, 0.25) is 5.91 Å². The minimum atomic E-state index is -0.00327. The Morgan fingerprint density at radius 2 is 2.05 bits per heavy atom. The van der Waals surface area contributed by atoms with Gasteiger partial charge in [0, 0.05) is 11.1 Å². The number of amides is 1. The SMILES string of the molecule is COc1ccc(SCC(=O)NCc2ccccn2)cc1. The summed E-state index contributed by atoms with van der Waals surface area (Å²) in [6.45, 7) is 0.461. The van der Waals surface area contributed by atoms with Gasteiger partial charge in [-0.15, -0.1) is 11.8 Å². The highest BCUT2D eigenvalue weighted by Gasteiger charge is 2.03. The van der Waals surface area contributed by atoms with Crippen molar-refractivity contribution in [3.63, 3.8) is 0 Å². The Morgan fingerprint density at radius 1 is 1.25 bits per heavy atom. The third-order valence-electron chi connectivity index (χ3n) is 2.62. The quantitative estimate of drug-likeness (QED) is 0.830. The number of rotatable bonds is 6. The first kappa shape index (κ1) is 14.4. The Bertz CT molecular complexity index is 544. The van der Waals surface area contributed by atoms with Crippen LogP contribution in [0.2, 0.25) is 0 Å². The molecule has 1 N–H and O–H groups in total. The molecule has 0 saturated heterocycles. The first-order valence-electron chi connectivity index (χ1n) is 6.21. The molecule has 0 unspecified atom stereocenters. The molecule has 0 radical (unpaired) electrons. The summed E-state index contributed by atoms with van der Waals surface area (Å²) < 4.78 is 5.09. The normalized spacial score (nSPS) is 10.1. The number of ether oxygens (including phenoxy) is 1. The standard InChI is InChI=1S/C15H16N2O2S/c1-19-13-5-7-14(8-6-13)20-11-15(18)17-10-12-4-2-3-9-16-12/h2-9H,10-11H2,1H3,(H,17,18). The zero-order chi connectivity index (χ0) is 14.2. The molecule has 1 aromatic heterocycles. The molecule has 0 aliphatic carbocycles. The summed E-state index contributed by atoms with van der Waals surface area (Å²) >= 11 is 1.49. The fourth-order valence-corrected chi connectivity index (χ4v) is 2.29. The fourth-order valence-electron chi connectivity index (χ4n) is 1.56. The summed E-state index contributed by atoms with van der Waals surface area (Å²) in [7, 11) is 1.63. The first-order chi connectivity index (χ1) is 9.78. The van der Waals surface area contributed by atoms with Gasteiger partial charge in [-0.25, -0.2) is 0 Å². The monoisotopic (exact) mass is 288 g/mol. The van der Waals surface area contributed by atoms with Gasteiger partial charge in [-0.05, 0) is 36.4 Å². The minimum Gasteiger partial charge on any atom is -0.497 e. The van der Waals surface area contributed by atoms with Crippen molar-refractivity contribution in [2.24, 2.45) is 0 Å². The second kappa shape index (κ2) is 7.55. The van der Waals surface area contributed by atoms with E-state index in [1.54, 1.807) is 13.3 Å². The average Bonchev–Trinajstić information content (AvgIpc) is 2.52. The highest BCUT2D eigenvalue weighted by molar-refractivity contribution is 8.00. The number of hydrogen-bond acceptors (Lipinski definition) is 4. The van der Waals surface area contributed by atoms with Crippen molar-refractivity contribution in [3.8, 4) is 5.75 Å². The predicted molar refractivity (Wildman–Crippen MR) is 79.8 cm³/mol. The van der Waals surface area contributed by atoms with Crippen LogP contribution in [0.25, 0.3) is 0 Å². The number of methoxy groups -OCH3 is 1. The lowest BCUT2D eigenvalue weighted by Crippen LogP contribution is -2.24. The van der Waals surface area contributed by atoms with Crippen molar-refractivity contribution < 1.29 is 9.53 Å². The Kier molecular flexibility index (Phi) is 5.43. The van der Waals surface area contributed by atoms with E-state index in [0.29, 0.717) is 12.3 Å². The number of carbonyl (C=O) groups is 1. The molecule has 0 atom stereocenters. The summed E-state index contributed by atoms with van der Waals surface area (Å²) in [5.74, 6) is 1.20. The summed E-state index contributed by atoms with van der Waals surface area (Å²) in [4.78, 5) is 16.9. The molecular formula is C15H16N2O2S. The Labute approximate surface area is 122 Å². The van der Waals surface area contributed by atoms with Crippen molar-refractivity contribution in [2.75, 3.05) is 12.9 Å². The molecule has 1 amide bonds. The van der Waals surface area contributed by atoms with Crippen LogP contribution in [0.5, 0.6) is 5.75 Å². The number of thioether (sulfide) groups is 1. The zero-order valence-corrected chi connectivity index (χ0v) is 12.0. The molecule has 0 fully saturated rings. The predicted octanol–water partition coefficient (Wildman–Crippen LogP) is 2.50. The maximum Gasteiger partial charge on any atom is 0.230 e. The number of aromatic nitrogens is 1. The van der Waals surface area contributed by atoms with E-state index in [4.69, 9.17) is 4.74 Å². The van der Waals surface area contributed by atoms with Crippen LogP contribution in [0, 0.1) is 0 Å². The third kappa shape index (κ3) is 4.59. The minimum absolute atomic E-state index is 0.00327. The third-order valence-corrected chi connectivity index (χ3v) is 3.63. The lowest BCUT2D eigenvalue weighted by atomic mass is 10.3. The van der Waals surface area contributed by atoms with E-state index in [1.165, 1.54) is 11.8 Å². The van der Waals surface area contributed by atoms with Gasteiger partial charge < -0.3 is 10.1 Å². The molecule has 0 bridgehead atoms. The lowest BCUT2D eigenvalue weighted by molar-refractivity contribution is -0.118. The molecule has 20 heavy (non-hydrogen) atoms. The van der Waals surface area contributed by atoms with Crippen molar-refractivity contribution in [2.45, 2.75) is 11.4 Å². The molecule has 1 aromatic carbocycles. The maximum absolute atomic E-state index is 11.7. The smallest absolute Gasteiger partial charge is 0.230 e. The molecule has 0 aliphatic rings. The van der Waals surface area contributed by atoms with Gasteiger partial charge in [0.25, 0.3) is 0 Å². The van der Waals surface area contributed by atoms with Crippen LogP contribution >= 0.6 is 11.8 Å². The van der Waals surface area contributed by atoms with Gasteiger partial charge in [-0.1, -0.05) is 6.07 Å². The van der Waals surface area contributed by atoms with Gasteiger partial charge in [0.1, 0.15) is 5.75 Å². The number of benzene rings is 1. The molecule has 0 aliphatic heterocycles. The van der Waals surface area contributed by atoms with Crippen LogP contribution in [0.4, 0.5) is 0 Å². The van der Waals surface area contributed by atoms with E-state index in [9.17, 15) is 4.79 Å². The largest absolute Gasteiger partial charge is 0.497 e. The number of nitrogens with one attached hydrogen (secondary N) is 1. The summed E-state index contributed by atoms with van der Waals surface area (Å²) in [6.07, 6.45) is 1.72. The van der Waals surface area contributed by atoms with Crippen molar-refractivity contribution in [1.82, 2.24) is 10.3 Å². The molecule has 5 heteroatoms. The Hall–Kier alpha value is -2.01. The number of carbonyl (C=O) groups excluding carboxylic acids is 1. The molecule has 104 valence electrons. The molecule has 4 nitrogen and oxygen atoms in total.